The lowest BCUT2D eigenvalue weighted by molar-refractivity contribution is 0.543. The average Bonchev–Trinajstić information content (AvgIpc) is 2.49. The third-order valence-corrected chi connectivity index (χ3v) is 2.82. The fraction of sp³-hybridized carbons (Fsp3) is 0.900. The van der Waals surface area contributed by atoms with Crippen LogP contribution in [0.3, 0.4) is 0 Å². The zero-order valence-electron chi connectivity index (χ0n) is 8.18. The summed E-state index contributed by atoms with van der Waals surface area (Å²) in [6.45, 7) is 3.38. The van der Waals surface area contributed by atoms with E-state index in [2.05, 4.69) is 15.6 Å². The molecule has 1 saturated heterocycles. The maximum Gasteiger partial charge on any atom is 0.0965 e. The fourth-order valence-corrected chi connectivity index (χ4v) is 2.06. The summed E-state index contributed by atoms with van der Waals surface area (Å²) in [5.41, 5.74) is 0. The summed E-state index contributed by atoms with van der Waals surface area (Å²) in [4.78, 5) is 4.45. The third kappa shape index (κ3) is 2.69. The highest BCUT2D eigenvalue weighted by Crippen LogP contribution is 2.08. The first kappa shape index (κ1) is 9.00. The lowest BCUT2D eigenvalue weighted by Crippen LogP contribution is -2.34. The van der Waals surface area contributed by atoms with Crippen LogP contribution in [-0.2, 0) is 0 Å². The van der Waals surface area contributed by atoms with Crippen molar-refractivity contribution in [2.45, 2.75) is 38.1 Å². The molecule has 3 heteroatoms. The molecule has 1 unspecified atom stereocenters. The number of rotatable bonds is 1. The zero-order chi connectivity index (χ0) is 8.93. The second-order valence-electron chi connectivity index (χ2n) is 3.95. The zero-order valence-corrected chi connectivity index (χ0v) is 8.18. The maximum atomic E-state index is 4.45. The lowest BCUT2D eigenvalue weighted by atomic mass is 10.1. The van der Waals surface area contributed by atoms with Gasteiger partial charge >= 0.3 is 0 Å². The Kier molecular flexibility index (Phi) is 3.19. The topological polar surface area (TPSA) is 36.4 Å². The highest BCUT2D eigenvalue weighted by molar-refractivity contribution is 5.83. The molecule has 3 nitrogen and oxygen atoms in total. The first-order chi connectivity index (χ1) is 6.45. The van der Waals surface area contributed by atoms with Gasteiger partial charge in [-0.1, -0.05) is 0 Å². The van der Waals surface area contributed by atoms with Gasteiger partial charge in [0, 0.05) is 19.0 Å². The summed E-state index contributed by atoms with van der Waals surface area (Å²) in [5.74, 6) is 1.26. The fourth-order valence-electron chi connectivity index (χ4n) is 2.06. The van der Waals surface area contributed by atoms with Crippen LogP contribution in [0.2, 0.25) is 0 Å². The maximum absolute atomic E-state index is 4.45. The molecule has 2 N–H and O–H groups in total. The van der Waals surface area contributed by atoms with E-state index in [-0.39, 0.29) is 0 Å². The van der Waals surface area contributed by atoms with Gasteiger partial charge in [0.15, 0.2) is 0 Å². The van der Waals surface area contributed by atoms with Crippen molar-refractivity contribution in [2.75, 3.05) is 19.6 Å². The van der Waals surface area contributed by atoms with Crippen molar-refractivity contribution in [2.24, 2.45) is 4.99 Å². The van der Waals surface area contributed by atoms with Crippen LogP contribution in [0.1, 0.15) is 32.1 Å². The van der Waals surface area contributed by atoms with Crippen molar-refractivity contribution < 1.29 is 0 Å². The molecule has 0 aromatic heterocycles. The van der Waals surface area contributed by atoms with Crippen LogP contribution in [0.5, 0.6) is 0 Å². The summed E-state index contributed by atoms with van der Waals surface area (Å²) in [6.07, 6.45) is 6.26. The van der Waals surface area contributed by atoms with Crippen molar-refractivity contribution >= 4 is 5.84 Å². The molecule has 0 bridgehead atoms. The summed E-state index contributed by atoms with van der Waals surface area (Å²) < 4.78 is 0. The molecule has 13 heavy (non-hydrogen) atoms. The van der Waals surface area contributed by atoms with Gasteiger partial charge in [0.25, 0.3) is 0 Å². The van der Waals surface area contributed by atoms with Crippen molar-refractivity contribution in [3.05, 3.63) is 0 Å². The number of aliphatic imine (C=N–C) groups is 1. The van der Waals surface area contributed by atoms with Crippen LogP contribution < -0.4 is 10.6 Å². The molecule has 2 heterocycles. The van der Waals surface area contributed by atoms with E-state index in [1.165, 1.54) is 44.5 Å². The van der Waals surface area contributed by atoms with Crippen molar-refractivity contribution in [3.63, 3.8) is 0 Å². The van der Waals surface area contributed by atoms with E-state index < -0.39 is 0 Å². The highest BCUT2D eigenvalue weighted by Gasteiger charge is 2.14. The summed E-state index contributed by atoms with van der Waals surface area (Å²) in [5, 5.41) is 6.99. The van der Waals surface area contributed by atoms with E-state index in [9.17, 15) is 0 Å². The summed E-state index contributed by atoms with van der Waals surface area (Å²) >= 11 is 0. The van der Waals surface area contributed by atoms with Crippen LogP contribution >= 0.6 is 0 Å². The Morgan fingerprint density at radius 2 is 2.23 bits per heavy atom. The number of nitrogens with one attached hydrogen (secondary N) is 2. The van der Waals surface area contributed by atoms with Gasteiger partial charge in [0.2, 0.25) is 0 Å². The molecule has 2 rings (SSSR count). The first-order valence-electron chi connectivity index (χ1n) is 5.46. The average molecular weight is 181 g/mol. The molecule has 1 atom stereocenters. The van der Waals surface area contributed by atoms with Crippen LogP contribution in [0.4, 0.5) is 0 Å². The van der Waals surface area contributed by atoms with Gasteiger partial charge in [-0.3, -0.25) is 4.99 Å². The lowest BCUT2D eigenvalue weighted by Gasteiger charge is -2.16. The molecule has 0 aliphatic carbocycles. The highest BCUT2D eigenvalue weighted by atomic mass is 15.0. The Morgan fingerprint density at radius 1 is 1.23 bits per heavy atom. The van der Waals surface area contributed by atoms with Crippen LogP contribution in [-0.4, -0.2) is 31.5 Å². The van der Waals surface area contributed by atoms with E-state index in [0.717, 1.165) is 13.1 Å². The minimum Gasteiger partial charge on any atom is -0.371 e. The summed E-state index contributed by atoms with van der Waals surface area (Å²) in [7, 11) is 0. The molecular weight excluding hydrogens is 162 g/mol. The number of nitrogens with zero attached hydrogens (tertiary/aromatic N) is 1. The van der Waals surface area contributed by atoms with Crippen LogP contribution in [0.25, 0.3) is 0 Å². The predicted molar refractivity (Wildman–Crippen MR) is 55.2 cm³/mol. The number of hydrogen-bond acceptors (Lipinski definition) is 3. The normalized spacial score (nSPS) is 29.5. The molecule has 0 radical (unpaired) electrons. The van der Waals surface area contributed by atoms with E-state index >= 15 is 0 Å². The largest absolute Gasteiger partial charge is 0.371 e. The second kappa shape index (κ2) is 4.61. The molecule has 0 saturated carbocycles. The number of amidine groups is 1. The van der Waals surface area contributed by atoms with E-state index in [1.54, 1.807) is 0 Å². The SMILES string of the molecule is C1CN=C(NC2CCCNCC2)C1. The van der Waals surface area contributed by atoms with Crippen LogP contribution in [0.15, 0.2) is 4.99 Å². The van der Waals surface area contributed by atoms with Gasteiger partial charge in [0.1, 0.15) is 0 Å². The molecule has 0 amide bonds. The van der Waals surface area contributed by atoms with Gasteiger partial charge in [-0.2, -0.15) is 0 Å². The third-order valence-electron chi connectivity index (χ3n) is 2.82. The van der Waals surface area contributed by atoms with Gasteiger partial charge in [0.05, 0.1) is 5.84 Å². The minimum atomic E-state index is 0.673. The molecule has 74 valence electrons. The Labute approximate surface area is 80.0 Å². The number of hydrogen-bond donors (Lipinski definition) is 2. The Morgan fingerprint density at radius 3 is 3.08 bits per heavy atom. The Bertz CT molecular complexity index is 181. The van der Waals surface area contributed by atoms with Crippen molar-refractivity contribution in [3.8, 4) is 0 Å². The smallest absolute Gasteiger partial charge is 0.0965 e. The van der Waals surface area contributed by atoms with E-state index in [4.69, 9.17) is 0 Å². The molecule has 1 fully saturated rings. The molecule has 0 aromatic carbocycles. The van der Waals surface area contributed by atoms with Gasteiger partial charge in [-0.05, 0) is 38.8 Å². The quantitative estimate of drug-likeness (QED) is 0.631. The van der Waals surface area contributed by atoms with Crippen molar-refractivity contribution in [1.29, 1.82) is 0 Å². The second-order valence-corrected chi connectivity index (χ2v) is 3.95. The Balaban J connectivity index is 1.78. The van der Waals surface area contributed by atoms with E-state index in [1.807, 2.05) is 0 Å². The van der Waals surface area contributed by atoms with Crippen LogP contribution in [0, 0.1) is 0 Å². The monoisotopic (exact) mass is 181 g/mol. The van der Waals surface area contributed by atoms with Crippen molar-refractivity contribution in [1.82, 2.24) is 10.6 Å². The standard InChI is InChI=1S/C10H19N3/c1-3-9(5-8-11-6-1)13-10-4-2-7-12-10/h9,11H,1-8H2,(H,12,13). The molecule has 2 aliphatic heterocycles. The Hall–Kier alpha value is -0.570. The molecule has 2 aliphatic rings. The first-order valence-corrected chi connectivity index (χ1v) is 5.46. The minimum absolute atomic E-state index is 0.673. The van der Waals surface area contributed by atoms with Gasteiger partial charge in [-0.15, -0.1) is 0 Å². The molecule has 0 aromatic rings. The van der Waals surface area contributed by atoms with Gasteiger partial charge in [-0.25, -0.2) is 0 Å². The molecular formula is C10H19N3. The van der Waals surface area contributed by atoms with E-state index in [0.29, 0.717) is 6.04 Å². The molecule has 0 spiro atoms. The van der Waals surface area contributed by atoms with Gasteiger partial charge < -0.3 is 10.6 Å². The predicted octanol–water partition coefficient (Wildman–Crippen LogP) is 0.910. The summed E-state index contributed by atoms with van der Waals surface area (Å²) in [6, 6.07) is 0.673.